The van der Waals surface area contributed by atoms with E-state index in [-0.39, 0.29) is 48.7 Å². The molecular formula is C83H96BN3. The molecule has 0 unspecified atom stereocenters. The minimum absolute atomic E-state index is 0.0233. The van der Waals surface area contributed by atoms with Crippen molar-refractivity contribution in [2.75, 3.05) is 15.1 Å². The maximum Gasteiger partial charge on any atom is 0.198 e. The average Bonchev–Trinajstić information content (AvgIpc) is 1.74. The third kappa shape index (κ3) is 9.15. The number of nitrogens with one attached hydrogen (secondary N) is 1. The van der Waals surface area contributed by atoms with Crippen LogP contribution < -0.4 is 26.0 Å². The first kappa shape index (κ1) is 57.9. The fourth-order valence-electron chi connectivity index (χ4n) is 17.3. The summed E-state index contributed by atoms with van der Waals surface area (Å²) in [7, 11) is 0.804. The Hall–Kier alpha value is -6.78. The summed E-state index contributed by atoms with van der Waals surface area (Å²) in [6.07, 6.45) is 9.39. The number of para-hydroxylation sites is 2. The first-order chi connectivity index (χ1) is 40.8. The Labute approximate surface area is 524 Å². The molecule has 0 aromatic heterocycles. The van der Waals surface area contributed by atoms with Crippen LogP contribution in [-0.4, -0.2) is 7.28 Å². The van der Waals surface area contributed by atoms with Gasteiger partial charge < -0.3 is 15.1 Å². The van der Waals surface area contributed by atoms with Gasteiger partial charge in [0.05, 0.1) is 0 Å². The maximum atomic E-state index is 4.33. The second-order valence-corrected chi connectivity index (χ2v) is 33.7. The first-order valence-electron chi connectivity index (χ1n) is 33.3. The highest BCUT2D eigenvalue weighted by atomic mass is 15.2. The molecule has 4 heteroatoms. The van der Waals surface area contributed by atoms with Crippen LogP contribution in [-0.2, 0) is 48.7 Å². The molecule has 3 nitrogen and oxygen atoms in total. The van der Waals surface area contributed by atoms with E-state index in [0.29, 0.717) is 0 Å². The normalized spacial score (nSPS) is 20.8. The third-order valence-electron chi connectivity index (χ3n) is 23.7. The van der Waals surface area contributed by atoms with Crippen molar-refractivity contribution in [3.8, 4) is 22.3 Å². The van der Waals surface area contributed by atoms with E-state index in [1.165, 1.54) is 138 Å². The van der Waals surface area contributed by atoms with Gasteiger partial charge in [-0.3, -0.25) is 0 Å². The molecule has 5 aliphatic carbocycles. The summed E-state index contributed by atoms with van der Waals surface area (Å²) in [6, 6.07) is 58.2. The summed E-state index contributed by atoms with van der Waals surface area (Å²) in [6.45, 7) is 44.7. The Bertz CT molecular complexity index is 4100. The monoisotopic (exact) mass is 1150 g/mol. The van der Waals surface area contributed by atoms with E-state index in [4.69, 9.17) is 0 Å². The number of hydrogen-bond acceptors (Lipinski definition) is 3. The van der Waals surface area contributed by atoms with E-state index in [9.17, 15) is 0 Å². The van der Waals surface area contributed by atoms with Crippen molar-refractivity contribution in [2.24, 2.45) is 0 Å². The van der Waals surface area contributed by atoms with Gasteiger partial charge in [-0.1, -0.05) is 191 Å². The van der Waals surface area contributed by atoms with E-state index in [1.54, 1.807) is 0 Å². The number of fused-ring (bicyclic) bond motifs is 9. The Morgan fingerprint density at radius 3 is 1.31 bits per heavy atom. The van der Waals surface area contributed by atoms with Crippen molar-refractivity contribution in [1.29, 1.82) is 0 Å². The van der Waals surface area contributed by atoms with Crippen LogP contribution in [0.3, 0.4) is 0 Å². The molecule has 6 aliphatic rings. The van der Waals surface area contributed by atoms with Gasteiger partial charge >= 0.3 is 0 Å². The molecule has 0 saturated carbocycles. The standard InChI is InChI=1S/C83H96BN3/c1-75(2)33-35-77(5,6)64-41-51(29-31-60(64)75)85-71-49-63-56(57-46-66-67(47-62(57)83(63,17)18)80(11,12)38-37-79(66,9)10)45-58(71)59-42-55(86(52-25-21-19-22-26-52)53-27-23-20-24-28-53)44-73-74(59)84-70-48-68-69(82(15,16)40-39-81(68,13)14)50-72(70)87(73)54-30-32-61-65(43-54)78(7,8)36-34-76(61,3)4/h19-32,41-50,84-85H,33-40H2,1-18H3. The van der Waals surface area contributed by atoms with Gasteiger partial charge in [-0.15, -0.1) is 0 Å². The summed E-state index contributed by atoms with van der Waals surface area (Å²) in [5, 5.41) is 4.33. The minimum atomic E-state index is -0.239. The van der Waals surface area contributed by atoms with Crippen molar-refractivity contribution < 1.29 is 0 Å². The number of nitrogens with zero attached hydrogens (tertiary/aromatic N) is 2. The van der Waals surface area contributed by atoms with Crippen LogP contribution in [0.1, 0.15) is 232 Å². The third-order valence-corrected chi connectivity index (χ3v) is 23.7. The molecule has 0 fully saturated rings. The first-order valence-corrected chi connectivity index (χ1v) is 33.3. The smallest absolute Gasteiger partial charge is 0.198 e. The SMILES string of the molecule is CC1(C)CCC(C)(C)c2cc(Nc3cc4c(cc3-c3cc(N(c5ccccc5)c5ccccc5)cc5c3Bc3cc6c(cc3N5c3ccc5c(c3)C(C)(C)CCC5(C)C)C(C)(C)CCC6(C)C)-c3cc5c(cc3C4(C)C)C(C)(C)CCC5(C)C)ccc21. The number of rotatable bonds is 7. The molecule has 1 heterocycles. The number of benzene rings is 8. The Balaban J connectivity index is 1.11. The lowest BCUT2D eigenvalue weighted by atomic mass is 9.55. The molecule has 0 spiro atoms. The van der Waals surface area contributed by atoms with Gasteiger partial charge in [-0.25, -0.2) is 0 Å². The molecule has 8 aromatic carbocycles. The van der Waals surface area contributed by atoms with Crippen molar-refractivity contribution in [2.45, 2.75) is 225 Å². The highest BCUT2D eigenvalue weighted by Gasteiger charge is 2.46. The summed E-state index contributed by atoms with van der Waals surface area (Å²) in [4.78, 5) is 5.24. The quantitative estimate of drug-likeness (QED) is 0.161. The van der Waals surface area contributed by atoms with Crippen LogP contribution in [0.5, 0.6) is 0 Å². The van der Waals surface area contributed by atoms with Crippen molar-refractivity contribution in [3.05, 3.63) is 201 Å². The van der Waals surface area contributed by atoms with Crippen LogP contribution >= 0.6 is 0 Å². The topological polar surface area (TPSA) is 18.5 Å². The molecule has 0 bridgehead atoms. The van der Waals surface area contributed by atoms with Crippen LogP contribution in [0.2, 0.25) is 0 Å². The van der Waals surface area contributed by atoms with Gasteiger partial charge in [-0.2, -0.15) is 0 Å². The summed E-state index contributed by atoms with van der Waals surface area (Å²) in [5.41, 5.74) is 32.6. The highest BCUT2D eigenvalue weighted by molar-refractivity contribution is 6.73. The molecule has 0 amide bonds. The second kappa shape index (κ2) is 19.1. The van der Waals surface area contributed by atoms with E-state index < -0.39 is 0 Å². The van der Waals surface area contributed by atoms with Crippen LogP contribution in [0.4, 0.5) is 45.5 Å². The largest absolute Gasteiger partial charge is 0.355 e. The van der Waals surface area contributed by atoms with Gasteiger partial charge in [0.1, 0.15) is 0 Å². The van der Waals surface area contributed by atoms with Crippen molar-refractivity contribution >= 4 is 63.7 Å². The lowest BCUT2D eigenvalue weighted by Crippen LogP contribution is -2.44. The minimum Gasteiger partial charge on any atom is -0.355 e. The van der Waals surface area contributed by atoms with Gasteiger partial charge in [0, 0.05) is 56.5 Å². The molecule has 0 saturated heterocycles. The summed E-state index contributed by atoms with van der Waals surface area (Å²) >= 11 is 0. The fourth-order valence-corrected chi connectivity index (χ4v) is 17.3. The Kier molecular flexibility index (Phi) is 12.7. The molecular weight excluding hydrogens is 1050 g/mol. The lowest BCUT2D eigenvalue weighted by molar-refractivity contribution is 0.331. The average molecular weight is 1150 g/mol. The lowest BCUT2D eigenvalue weighted by Gasteiger charge is -2.45. The van der Waals surface area contributed by atoms with E-state index in [1.807, 2.05) is 0 Å². The van der Waals surface area contributed by atoms with E-state index in [0.717, 1.165) is 55.0 Å². The summed E-state index contributed by atoms with van der Waals surface area (Å²) in [5.74, 6) is 0. The summed E-state index contributed by atoms with van der Waals surface area (Å²) < 4.78 is 0. The fraction of sp³-hybridized carbons (Fsp3) is 0.422. The van der Waals surface area contributed by atoms with Crippen LogP contribution in [0, 0.1) is 0 Å². The van der Waals surface area contributed by atoms with Crippen molar-refractivity contribution in [3.63, 3.8) is 0 Å². The van der Waals surface area contributed by atoms with Gasteiger partial charge in [0.25, 0.3) is 0 Å². The zero-order chi connectivity index (χ0) is 61.6. The number of hydrogen-bond donors (Lipinski definition) is 1. The van der Waals surface area contributed by atoms with Gasteiger partial charge in [0.2, 0.25) is 0 Å². The Morgan fingerprint density at radius 2 is 0.770 bits per heavy atom. The molecule has 1 N–H and O–H groups in total. The van der Waals surface area contributed by atoms with E-state index in [2.05, 4.69) is 285 Å². The molecule has 14 rings (SSSR count). The van der Waals surface area contributed by atoms with Crippen molar-refractivity contribution in [1.82, 2.24) is 0 Å². The zero-order valence-corrected chi connectivity index (χ0v) is 56.1. The maximum absolute atomic E-state index is 4.33. The Morgan fingerprint density at radius 1 is 0.333 bits per heavy atom. The zero-order valence-electron chi connectivity index (χ0n) is 56.1. The van der Waals surface area contributed by atoms with E-state index >= 15 is 0 Å². The van der Waals surface area contributed by atoms with Crippen LogP contribution in [0.25, 0.3) is 22.3 Å². The highest BCUT2D eigenvalue weighted by Crippen LogP contribution is 2.58. The van der Waals surface area contributed by atoms with Crippen LogP contribution in [0.15, 0.2) is 146 Å². The predicted molar refractivity (Wildman–Crippen MR) is 376 cm³/mol. The van der Waals surface area contributed by atoms with Gasteiger partial charge in [0.15, 0.2) is 7.28 Å². The molecule has 87 heavy (non-hydrogen) atoms. The molecule has 0 atom stereocenters. The molecule has 8 aromatic rings. The second-order valence-electron chi connectivity index (χ2n) is 33.7. The molecule has 1 aliphatic heterocycles. The molecule has 0 radical (unpaired) electrons. The predicted octanol–water partition coefficient (Wildman–Crippen LogP) is 21.4. The molecule has 446 valence electrons. The van der Waals surface area contributed by atoms with Gasteiger partial charge in [-0.05, 0) is 257 Å². The number of anilines is 8.